The predicted molar refractivity (Wildman–Crippen MR) is 58.5 cm³/mol. The average Bonchev–Trinajstić information content (AvgIpc) is 2.53. The molecule has 2 rings (SSSR count). The first-order chi connectivity index (χ1) is 7.22. The highest BCUT2D eigenvalue weighted by Gasteiger charge is 2.13. The summed E-state index contributed by atoms with van der Waals surface area (Å²) in [6.45, 7) is 2.04. The number of furan rings is 1. The SMILES string of the molecule is CCc1c(CC(N)=O)oc2ccccc12. The van der Waals surface area contributed by atoms with Crippen molar-refractivity contribution in [2.75, 3.05) is 0 Å². The van der Waals surface area contributed by atoms with E-state index >= 15 is 0 Å². The van der Waals surface area contributed by atoms with Gasteiger partial charge in [-0.3, -0.25) is 4.79 Å². The number of rotatable bonds is 3. The van der Waals surface area contributed by atoms with Crippen LogP contribution < -0.4 is 5.73 Å². The Hall–Kier alpha value is -1.77. The maximum Gasteiger partial charge on any atom is 0.225 e. The smallest absolute Gasteiger partial charge is 0.225 e. The van der Waals surface area contributed by atoms with Crippen molar-refractivity contribution in [3.05, 3.63) is 35.6 Å². The van der Waals surface area contributed by atoms with Crippen LogP contribution in [0.25, 0.3) is 11.0 Å². The van der Waals surface area contributed by atoms with Crippen molar-refractivity contribution in [3.8, 4) is 0 Å². The second-order valence-electron chi connectivity index (χ2n) is 3.50. The summed E-state index contributed by atoms with van der Waals surface area (Å²) < 4.78 is 5.60. The molecule has 0 spiro atoms. The molecule has 0 saturated heterocycles. The molecule has 2 N–H and O–H groups in total. The maximum absolute atomic E-state index is 10.9. The van der Waals surface area contributed by atoms with Gasteiger partial charge in [0.1, 0.15) is 11.3 Å². The molecule has 1 amide bonds. The summed E-state index contributed by atoms with van der Waals surface area (Å²) in [5.74, 6) is 0.343. The van der Waals surface area contributed by atoms with E-state index in [0.717, 1.165) is 23.0 Å². The number of primary amides is 1. The van der Waals surface area contributed by atoms with E-state index in [0.29, 0.717) is 5.76 Å². The molecule has 0 atom stereocenters. The van der Waals surface area contributed by atoms with Crippen LogP contribution in [0.4, 0.5) is 0 Å². The number of hydrogen-bond donors (Lipinski definition) is 1. The first-order valence-electron chi connectivity index (χ1n) is 5.00. The second kappa shape index (κ2) is 3.77. The molecule has 0 aliphatic rings. The third-order valence-corrected chi connectivity index (χ3v) is 2.47. The van der Waals surface area contributed by atoms with Crippen molar-refractivity contribution in [1.82, 2.24) is 0 Å². The normalized spacial score (nSPS) is 10.7. The number of amides is 1. The Kier molecular flexibility index (Phi) is 2.46. The van der Waals surface area contributed by atoms with E-state index in [9.17, 15) is 4.79 Å². The molecule has 3 heteroatoms. The molecule has 0 fully saturated rings. The van der Waals surface area contributed by atoms with Gasteiger partial charge in [-0.15, -0.1) is 0 Å². The molecule has 78 valence electrons. The lowest BCUT2D eigenvalue weighted by Gasteiger charge is -1.96. The summed E-state index contributed by atoms with van der Waals surface area (Å²) in [4.78, 5) is 10.9. The largest absolute Gasteiger partial charge is 0.460 e. The Balaban J connectivity index is 2.58. The molecule has 15 heavy (non-hydrogen) atoms. The van der Waals surface area contributed by atoms with Crippen LogP contribution in [0.2, 0.25) is 0 Å². The monoisotopic (exact) mass is 203 g/mol. The van der Waals surface area contributed by atoms with Crippen LogP contribution in [-0.2, 0) is 17.6 Å². The van der Waals surface area contributed by atoms with E-state index in [-0.39, 0.29) is 12.3 Å². The Morgan fingerprint density at radius 2 is 2.13 bits per heavy atom. The molecular weight excluding hydrogens is 190 g/mol. The van der Waals surface area contributed by atoms with Gasteiger partial charge < -0.3 is 10.2 Å². The van der Waals surface area contributed by atoms with Gasteiger partial charge in [-0.2, -0.15) is 0 Å². The van der Waals surface area contributed by atoms with E-state index in [1.165, 1.54) is 0 Å². The van der Waals surface area contributed by atoms with E-state index in [1.54, 1.807) is 0 Å². The van der Waals surface area contributed by atoms with Crippen LogP contribution in [-0.4, -0.2) is 5.91 Å². The quantitative estimate of drug-likeness (QED) is 0.829. The fourth-order valence-corrected chi connectivity index (χ4v) is 1.84. The lowest BCUT2D eigenvalue weighted by Crippen LogP contribution is -2.13. The molecule has 0 aliphatic carbocycles. The minimum absolute atomic E-state index is 0.178. The summed E-state index contributed by atoms with van der Waals surface area (Å²) in [6.07, 6.45) is 1.03. The Morgan fingerprint density at radius 3 is 2.80 bits per heavy atom. The highest BCUT2D eigenvalue weighted by Crippen LogP contribution is 2.26. The van der Waals surface area contributed by atoms with Gasteiger partial charge in [-0.25, -0.2) is 0 Å². The highest BCUT2D eigenvalue weighted by molar-refractivity contribution is 5.85. The van der Waals surface area contributed by atoms with Gasteiger partial charge in [0.05, 0.1) is 6.42 Å². The lowest BCUT2D eigenvalue weighted by atomic mass is 10.1. The van der Waals surface area contributed by atoms with Gasteiger partial charge in [0.15, 0.2) is 0 Å². The number of aryl methyl sites for hydroxylation is 1. The number of nitrogens with two attached hydrogens (primary N) is 1. The molecule has 0 saturated carbocycles. The molecule has 0 unspecified atom stereocenters. The summed E-state index contributed by atoms with van der Waals surface area (Å²) in [7, 11) is 0. The molecule has 0 aliphatic heterocycles. The van der Waals surface area contributed by atoms with Crippen molar-refractivity contribution in [2.45, 2.75) is 19.8 Å². The van der Waals surface area contributed by atoms with Crippen LogP contribution in [0.1, 0.15) is 18.2 Å². The Morgan fingerprint density at radius 1 is 1.40 bits per heavy atom. The number of hydrogen-bond acceptors (Lipinski definition) is 2. The molecule has 0 bridgehead atoms. The van der Waals surface area contributed by atoms with Crippen molar-refractivity contribution >= 4 is 16.9 Å². The van der Waals surface area contributed by atoms with Gasteiger partial charge in [-0.1, -0.05) is 25.1 Å². The van der Waals surface area contributed by atoms with E-state index in [1.807, 2.05) is 31.2 Å². The predicted octanol–water partition coefficient (Wildman–Crippen LogP) is 2.02. The fourth-order valence-electron chi connectivity index (χ4n) is 1.84. The van der Waals surface area contributed by atoms with Gasteiger partial charge in [-0.05, 0) is 12.5 Å². The maximum atomic E-state index is 10.9. The van der Waals surface area contributed by atoms with Crippen LogP contribution >= 0.6 is 0 Å². The number of benzene rings is 1. The zero-order chi connectivity index (χ0) is 10.8. The minimum atomic E-state index is -0.358. The Labute approximate surface area is 87.9 Å². The summed E-state index contributed by atoms with van der Waals surface area (Å²) in [5.41, 5.74) is 7.08. The van der Waals surface area contributed by atoms with E-state index in [2.05, 4.69) is 0 Å². The molecule has 0 radical (unpaired) electrons. The standard InChI is InChI=1S/C12H13NO2/c1-2-8-9-5-3-4-6-10(9)15-11(8)7-12(13)14/h3-6H,2,7H2,1H3,(H2,13,14). The molecule has 2 aromatic rings. The molecule has 3 nitrogen and oxygen atoms in total. The number of carbonyl (C=O) groups is 1. The van der Waals surface area contributed by atoms with Gasteiger partial charge >= 0.3 is 0 Å². The summed E-state index contributed by atoms with van der Waals surface area (Å²) in [5, 5.41) is 1.08. The molecule has 1 aromatic heterocycles. The van der Waals surface area contributed by atoms with Crippen LogP contribution in [0, 0.1) is 0 Å². The van der Waals surface area contributed by atoms with Crippen LogP contribution in [0.15, 0.2) is 28.7 Å². The minimum Gasteiger partial charge on any atom is -0.460 e. The zero-order valence-corrected chi connectivity index (χ0v) is 8.62. The molecule has 1 heterocycles. The zero-order valence-electron chi connectivity index (χ0n) is 8.62. The number of fused-ring (bicyclic) bond motifs is 1. The van der Waals surface area contributed by atoms with Crippen molar-refractivity contribution in [2.24, 2.45) is 5.73 Å². The number of para-hydroxylation sites is 1. The van der Waals surface area contributed by atoms with Gasteiger partial charge in [0.25, 0.3) is 0 Å². The van der Waals surface area contributed by atoms with Crippen LogP contribution in [0.5, 0.6) is 0 Å². The van der Waals surface area contributed by atoms with Gasteiger partial charge in [0.2, 0.25) is 5.91 Å². The second-order valence-corrected chi connectivity index (χ2v) is 3.50. The third kappa shape index (κ3) is 1.73. The van der Waals surface area contributed by atoms with Crippen LogP contribution in [0.3, 0.4) is 0 Å². The van der Waals surface area contributed by atoms with E-state index in [4.69, 9.17) is 10.2 Å². The van der Waals surface area contributed by atoms with E-state index < -0.39 is 0 Å². The molecular formula is C12H13NO2. The Bertz CT molecular complexity index is 499. The first-order valence-corrected chi connectivity index (χ1v) is 5.00. The summed E-state index contributed by atoms with van der Waals surface area (Å²) >= 11 is 0. The third-order valence-electron chi connectivity index (χ3n) is 2.47. The topological polar surface area (TPSA) is 56.2 Å². The molecule has 1 aromatic carbocycles. The van der Waals surface area contributed by atoms with Gasteiger partial charge in [0, 0.05) is 10.9 Å². The first kappa shape index (κ1) is 9.77. The average molecular weight is 203 g/mol. The van der Waals surface area contributed by atoms with Crippen molar-refractivity contribution in [1.29, 1.82) is 0 Å². The van der Waals surface area contributed by atoms with Crippen molar-refractivity contribution < 1.29 is 9.21 Å². The fraction of sp³-hybridized carbons (Fsp3) is 0.250. The summed E-state index contributed by atoms with van der Waals surface area (Å²) in [6, 6.07) is 7.78. The number of carbonyl (C=O) groups excluding carboxylic acids is 1. The lowest BCUT2D eigenvalue weighted by molar-refractivity contribution is -0.117. The highest BCUT2D eigenvalue weighted by atomic mass is 16.3. The van der Waals surface area contributed by atoms with Crippen molar-refractivity contribution in [3.63, 3.8) is 0 Å².